The first-order chi connectivity index (χ1) is 32.5. The Morgan fingerprint density at radius 1 is 0.565 bits per heavy atom. The predicted molar refractivity (Wildman–Crippen MR) is 252 cm³/mol. The molecule has 24 heteroatoms. The van der Waals surface area contributed by atoms with E-state index in [2.05, 4.69) is 37.2 Å². The number of carbonyl (C=O) groups excluding carboxylic acids is 8. The zero-order chi connectivity index (χ0) is 52.2. The third kappa shape index (κ3) is 24.5. The van der Waals surface area contributed by atoms with Crippen molar-refractivity contribution in [3.8, 4) is 5.75 Å². The van der Waals surface area contributed by atoms with Crippen LogP contribution in [0.1, 0.15) is 110 Å². The molecule has 24 nitrogen and oxygen atoms in total. The van der Waals surface area contributed by atoms with E-state index in [1.54, 1.807) is 39.8 Å². The van der Waals surface area contributed by atoms with Crippen molar-refractivity contribution in [1.82, 2.24) is 37.2 Å². The number of hydrogen-bond donors (Lipinski definition) is 14. The van der Waals surface area contributed by atoms with E-state index in [1.165, 1.54) is 12.1 Å². The minimum Gasteiger partial charge on any atom is -0.508 e. The summed E-state index contributed by atoms with van der Waals surface area (Å²) in [5, 5.41) is 45.8. The number of nitrogens with one attached hydrogen (secondary N) is 7. The highest BCUT2D eigenvalue weighted by Gasteiger charge is 2.35. The lowest BCUT2D eigenvalue weighted by atomic mass is 9.96. The number of carboxylic acids is 2. The van der Waals surface area contributed by atoms with E-state index in [0.29, 0.717) is 37.7 Å². The van der Waals surface area contributed by atoms with Crippen molar-refractivity contribution in [1.29, 1.82) is 0 Å². The maximum atomic E-state index is 14.0. The van der Waals surface area contributed by atoms with Crippen LogP contribution >= 0.6 is 0 Å². The van der Waals surface area contributed by atoms with Crippen molar-refractivity contribution < 1.29 is 63.3 Å². The smallest absolute Gasteiger partial charge is 0.322 e. The lowest BCUT2D eigenvalue weighted by molar-refractivity contribution is -0.139. The van der Waals surface area contributed by atoms with E-state index < -0.39 is 140 Å². The molecule has 0 aromatic heterocycles. The second kappa shape index (κ2) is 32.4. The second-order valence-electron chi connectivity index (χ2n) is 17.4. The first-order valence-electron chi connectivity index (χ1n) is 23.3. The minimum absolute atomic E-state index is 0.0000765. The highest BCUT2D eigenvalue weighted by molar-refractivity contribution is 5.98. The van der Waals surface area contributed by atoms with Gasteiger partial charge in [-0.1, -0.05) is 46.2 Å². The monoisotopic (exact) mass is 978 g/mol. The van der Waals surface area contributed by atoms with Crippen molar-refractivity contribution in [2.24, 2.45) is 34.8 Å². The molecule has 0 saturated heterocycles. The summed E-state index contributed by atoms with van der Waals surface area (Å²) in [6.07, 6.45) is 0.0949. The molecule has 0 bridgehead atoms. The zero-order valence-electron chi connectivity index (χ0n) is 40.1. The Kier molecular flexibility index (Phi) is 28.4. The molecular weight excluding hydrogens is 903 g/mol. The molecule has 0 heterocycles. The van der Waals surface area contributed by atoms with Crippen LogP contribution in [0.25, 0.3) is 0 Å². The molecule has 1 aromatic rings. The van der Waals surface area contributed by atoms with E-state index in [9.17, 15) is 58.2 Å². The van der Waals surface area contributed by atoms with Gasteiger partial charge in [-0.3, -0.25) is 47.9 Å². The Balaban J connectivity index is 3.47. The zero-order valence-corrected chi connectivity index (χ0v) is 40.1. The average Bonchev–Trinajstić information content (AvgIpc) is 3.28. The van der Waals surface area contributed by atoms with Crippen molar-refractivity contribution in [3.63, 3.8) is 0 Å². The number of unbranched alkanes of at least 4 members (excludes halogenated alkanes) is 2. The summed E-state index contributed by atoms with van der Waals surface area (Å²) in [7, 11) is 0. The molecule has 0 aliphatic heterocycles. The molecule has 388 valence electrons. The largest absolute Gasteiger partial charge is 0.508 e. The first-order valence-corrected chi connectivity index (χ1v) is 23.3. The Labute approximate surface area is 402 Å². The van der Waals surface area contributed by atoms with Crippen molar-refractivity contribution >= 4 is 59.2 Å². The van der Waals surface area contributed by atoms with Gasteiger partial charge in [0.15, 0.2) is 0 Å². The average molecular weight is 978 g/mol. The molecule has 0 saturated carbocycles. The van der Waals surface area contributed by atoms with Crippen LogP contribution in [0.15, 0.2) is 24.3 Å². The number of rotatable bonds is 35. The van der Waals surface area contributed by atoms with Gasteiger partial charge in [-0.2, -0.15) is 0 Å². The maximum absolute atomic E-state index is 14.0. The number of phenols is 1. The quantitative estimate of drug-likeness (QED) is 0.0323. The summed E-state index contributed by atoms with van der Waals surface area (Å²) in [6.45, 7) is 6.80. The maximum Gasteiger partial charge on any atom is 0.322 e. The highest BCUT2D eigenvalue weighted by Crippen LogP contribution is 2.15. The van der Waals surface area contributed by atoms with Gasteiger partial charge in [-0.05, 0) is 107 Å². The number of benzene rings is 1. The van der Waals surface area contributed by atoms with Crippen LogP contribution in [0, 0.1) is 11.8 Å². The van der Waals surface area contributed by atoms with Crippen LogP contribution in [0.3, 0.4) is 0 Å². The number of aromatic hydroxyl groups is 1. The minimum atomic E-state index is -1.64. The van der Waals surface area contributed by atoms with E-state index in [-0.39, 0.29) is 50.4 Å². The fourth-order valence-corrected chi connectivity index (χ4v) is 6.90. The van der Waals surface area contributed by atoms with Gasteiger partial charge in [-0.15, -0.1) is 0 Å². The number of hydrogen-bond acceptors (Lipinski definition) is 14. The third-order valence-electron chi connectivity index (χ3n) is 11.0. The van der Waals surface area contributed by atoms with Gasteiger partial charge in [0.1, 0.15) is 48.5 Å². The number of primary amides is 1. The van der Waals surface area contributed by atoms with Crippen LogP contribution in [0.5, 0.6) is 5.75 Å². The molecule has 69 heavy (non-hydrogen) atoms. The molecule has 8 atom stereocenters. The van der Waals surface area contributed by atoms with E-state index in [1.807, 2.05) is 0 Å². The summed E-state index contributed by atoms with van der Waals surface area (Å²) >= 11 is 0. The molecule has 1 rings (SSSR count). The summed E-state index contributed by atoms with van der Waals surface area (Å²) in [4.78, 5) is 131. The molecule has 1 aromatic carbocycles. The lowest BCUT2D eigenvalue weighted by Gasteiger charge is -2.29. The Hall–Kier alpha value is -6.40. The third-order valence-corrected chi connectivity index (χ3v) is 11.0. The molecule has 0 unspecified atom stereocenters. The summed E-state index contributed by atoms with van der Waals surface area (Å²) in [5.41, 5.74) is 23.6. The molecule has 18 N–H and O–H groups in total. The summed E-state index contributed by atoms with van der Waals surface area (Å²) in [5.74, 6) is -10.1. The van der Waals surface area contributed by atoms with Crippen LogP contribution < -0.4 is 60.2 Å². The number of carboxylic acid groups (broad SMARTS) is 2. The molecule has 8 amide bonds. The highest BCUT2D eigenvalue weighted by atomic mass is 16.4. The summed E-state index contributed by atoms with van der Waals surface area (Å²) < 4.78 is 0. The van der Waals surface area contributed by atoms with Gasteiger partial charge < -0.3 is 75.5 Å². The number of nitrogens with two attached hydrogens (primary N) is 4. The molecule has 0 fully saturated rings. The molecule has 0 spiro atoms. The van der Waals surface area contributed by atoms with Gasteiger partial charge >= 0.3 is 11.9 Å². The van der Waals surface area contributed by atoms with Crippen LogP contribution in [0.4, 0.5) is 0 Å². The van der Waals surface area contributed by atoms with Crippen molar-refractivity contribution in [3.05, 3.63) is 29.8 Å². The second-order valence-corrected chi connectivity index (χ2v) is 17.4. The van der Waals surface area contributed by atoms with E-state index in [4.69, 9.17) is 28.0 Å². The number of aliphatic carboxylic acids is 2. The Bertz CT molecular complexity index is 1870. The molecular formula is C45H75N11O13. The molecule has 0 radical (unpaired) electrons. The van der Waals surface area contributed by atoms with Crippen LogP contribution in [-0.2, 0) is 54.4 Å². The van der Waals surface area contributed by atoms with Gasteiger partial charge in [0.05, 0.1) is 6.04 Å². The number of phenolic OH excluding ortho intramolecular Hbond substituents is 1. The fraction of sp³-hybridized carbons (Fsp3) is 0.644. The standard InChI is InChI=1S/C45H75N11O13/c1-5-26(4)38(56-39(63)29(48)23-27-12-14-28(57)15-13-27)45(69)54-31(11-7-9-21-47)41(65)53-33(17-19-36(59)60)44(68)52-32(16-18-35(49)58)43(67)51-30(10-6-8-20-46)42(66)55-34(22-25(2)3)40(64)50-24-37(61)62/h12-15,25-26,29-34,38,57H,5-11,16-24,46-48H2,1-4H3,(H2,49,58)(H,50,64)(H,51,67)(H,52,68)(H,53,65)(H,54,69)(H,55,66)(H,56,63)(H,59,60)(H,61,62)/t26-,29-,30-,31-,32-,33-,34-,38-/m0/s1. The summed E-state index contributed by atoms with van der Waals surface area (Å²) in [6, 6.07) is -3.30. The Morgan fingerprint density at radius 2 is 1.01 bits per heavy atom. The van der Waals surface area contributed by atoms with Crippen LogP contribution in [-0.4, -0.2) is 136 Å². The van der Waals surface area contributed by atoms with Gasteiger partial charge in [0, 0.05) is 12.8 Å². The van der Waals surface area contributed by atoms with E-state index in [0.717, 1.165) is 0 Å². The van der Waals surface area contributed by atoms with Gasteiger partial charge in [0.25, 0.3) is 0 Å². The molecule has 0 aliphatic rings. The van der Waals surface area contributed by atoms with E-state index >= 15 is 0 Å². The SMILES string of the molecule is CC[C@H](C)[C@H](NC(=O)[C@@H](N)Cc1ccc(O)cc1)C(=O)N[C@@H](CCCCN)C(=O)N[C@@H](CCC(=O)O)C(=O)N[C@@H](CCC(N)=O)C(=O)N[C@@H](CCCCN)C(=O)N[C@@H](CC(C)C)C(=O)NCC(=O)O. The molecule has 0 aliphatic carbocycles. The topological polar surface area (TPSA) is 420 Å². The van der Waals surface area contributed by atoms with Crippen LogP contribution in [0.2, 0.25) is 0 Å². The Morgan fingerprint density at radius 3 is 1.43 bits per heavy atom. The number of amides is 8. The first kappa shape index (κ1) is 60.6. The van der Waals surface area contributed by atoms with Crippen molar-refractivity contribution in [2.45, 2.75) is 153 Å². The number of carbonyl (C=O) groups is 10. The van der Waals surface area contributed by atoms with Crippen molar-refractivity contribution in [2.75, 3.05) is 19.6 Å². The lowest BCUT2D eigenvalue weighted by Crippen LogP contribution is -2.60. The normalized spacial score (nSPS) is 14.6. The predicted octanol–water partition coefficient (Wildman–Crippen LogP) is -2.15. The van der Waals surface area contributed by atoms with Gasteiger partial charge in [0.2, 0.25) is 47.3 Å². The van der Waals surface area contributed by atoms with Gasteiger partial charge in [-0.25, -0.2) is 0 Å². The fourth-order valence-electron chi connectivity index (χ4n) is 6.90.